The van der Waals surface area contributed by atoms with Crippen LogP contribution in [0.25, 0.3) is 10.2 Å². The lowest BCUT2D eigenvalue weighted by Crippen LogP contribution is -2.51. The summed E-state index contributed by atoms with van der Waals surface area (Å²) in [6.45, 7) is 6.23. The van der Waals surface area contributed by atoms with E-state index in [1.165, 1.54) is 35.4 Å². The molecule has 0 saturated carbocycles. The Labute approximate surface area is 193 Å². The van der Waals surface area contributed by atoms with Crippen molar-refractivity contribution in [2.24, 2.45) is 0 Å². The van der Waals surface area contributed by atoms with Gasteiger partial charge in [-0.05, 0) is 62.9 Å². The van der Waals surface area contributed by atoms with Crippen molar-refractivity contribution in [1.29, 1.82) is 0 Å². The lowest BCUT2D eigenvalue weighted by atomic mass is 10.1. The summed E-state index contributed by atoms with van der Waals surface area (Å²) in [4.78, 5) is 21.7. The lowest BCUT2D eigenvalue weighted by Gasteiger charge is -2.34. The number of carbonyl (C=O) groups excluding carboxylic acids is 1. The first-order valence-corrected chi connectivity index (χ1v) is 12.3. The topological polar surface area (TPSA) is 69.3 Å². The summed E-state index contributed by atoms with van der Waals surface area (Å²) in [6, 6.07) is 14.2. The number of pyridine rings is 1. The number of aromatic nitrogens is 1. The summed E-state index contributed by atoms with van der Waals surface area (Å²) in [5.41, 5.74) is 4.35. The molecule has 0 unspecified atom stereocenters. The van der Waals surface area contributed by atoms with Gasteiger partial charge in [0.15, 0.2) is 0 Å². The SMILES string of the molecule is CNc1c(C(=O)N[C@@H](C)Cc2ccc(N3C[C@H]4CC[C@@H](C3)N4)cc2)sc2nc(C)ccc12. The largest absolute Gasteiger partial charge is 0.386 e. The highest BCUT2D eigenvalue weighted by molar-refractivity contribution is 7.21. The van der Waals surface area contributed by atoms with E-state index in [2.05, 4.69) is 57.0 Å². The Kier molecular flexibility index (Phi) is 5.78. The van der Waals surface area contributed by atoms with Crippen molar-refractivity contribution in [3.63, 3.8) is 0 Å². The van der Waals surface area contributed by atoms with E-state index in [0.717, 1.165) is 41.1 Å². The van der Waals surface area contributed by atoms with Gasteiger partial charge in [0, 0.05) is 55.0 Å². The van der Waals surface area contributed by atoms with Gasteiger partial charge < -0.3 is 20.9 Å². The highest BCUT2D eigenvalue weighted by atomic mass is 32.1. The molecule has 1 amide bonds. The van der Waals surface area contributed by atoms with Crippen LogP contribution in [-0.4, -0.2) is 49.2 Å². The van der Waals surface area contributed by atoms with Gasteiger partial charge in [0.05, 0.1) is 5.69 Å². The number of hydrogen-bond acceptors (Lipinski definition) is 6. The van der Waals surface area contributed by atoms with Crippen LogP contribution < -0.4 is 20.9 Å². The zero-order valence-electron chi connectivity index (χ0n) is 18.9. The predicted molar refractivity (Wildman–Crippen MR) is 133 cm³/mol. The first-order valence-electron chi connectivity index (χ1n) is 11.5. The Morgan fingerprint density at radius 1 is 1.19 bits per heavy atom. The van der Waals surface area contributed by atoms with E-state index in [1.54, 1.807) is 0 Å². The molecule has 0 spiro atoms. The number of thiophene rings is 1. The van der Waals surface area contributed by atoms with Crippen LogP contribution in [0.2, 0.25) is 0 Å². The molecule has 6 nitrogen and oxygen atoms in total. The van der Waals surface area contributed by atoms with E-state index in [0.29, 0.717) is 17.0 Å². The Morgan fingerprint density at radius 2 is 1.91 bits per heavy atom. The highest BCUT2D eigenvalue weighted by Gasteiger charge is 2.32. The highest BCUT2D eigenvalue weighted by Crippen LogP contribution is 2.34. The van der Waals surface area contributed by atoms with E-state index in [9.17, 15) is 4.79 Å². The second kappa shape index (κ2) is 8.71. The van der Waals surface area contributed by atoms with Crippen molar-refractivity contribution in [3.05, 3.63) is 52.5 Å². The minimum atomic E-state index is -0.0459. The molecule has 2 bridgehead atoms. The standard InChI is InChI=1S/C25H31N5OS/c1-15-4-11-21-22(26-3)23(32-25(21)28-15)24(31)27-16(2)12-17-5-9-20(10-6-17)30-13-18-7-8-19(14-30)29-18/h4-6,9-11,16,18-19,26,29H,7-8,12-14H2,1-3H3,(H,27,31)/t16-,18-,19+/m0/s1. The van der Waals surface area contributed by atoms with Crippen LogP contribution in [-0.2, 0) is 6.42 Å². The van der Waals surface area contributed by atoms with Crippen LogP contribution in [0.15, 0.2) is 36.4 Å². The molecule has 4 heterocycles. The summed E-state index contributed by atoms with van der Waals surface area (Å²) in [5.74, 6) is -0.0459. The smallest absolute Gasteiger partial charge is 0.263 e. The molecule has 7 heteroatoms. The van der Waals surface area contributed by atoms with Crippen molar-refractivity contribution in [3.8, 4) is 0 Å². The van der Waals surface area contributed by atoms with E-state index in [4.69, 9.17) is 0 Å². The van der Waals surface area contributed by atoms with Gasteiger partial charge in [0.2, 0.25) is 0 Å². The van der Waals surface area contributed by atoms with Gasteiger partial charge in [0.25, 0.3) is 5.91 Å². The number of anilines is 2. The molecule has 1 aromatic carbocycles. The molecule has 168 valence electrons. The molecule has 5 rings (SSSR count). The first kappa shape index (κ1) is 21.2. The van der Waals surface area contributed by atoms with Gasteiger partial charge in [-0.2, -0.15) is 0 Å². The fourth-order valence-corrected chi connectivity index (χ4v) is 6.15. The number of nitrogens with zero attached hydrogens (tertiary/aromatic N) is 2. The van der Waals surface area contributed by atoms with E-state index in [1.807, 2.05) is 26.1 Å². The number of nitrogens with one attached hydrogen (secondary N) is 3. The summed E-state index contributed by atoms with van der Waals surface area (Å²) >= 11 is 1.45. The maximum absolute atomic E-state index is 13.0. The molecule has 3 atom stereocenters. The van der Waals surface area contributed by atoms with Crippen LogP contribution >= 0.6 is 11.3 Å². The zero-order valence-corrected chi connectivity index (χ0v) is 19.8. The normalized spacial score (nSPS) is 21.0. The second-order valence-corrected chi connectivity index (χ2v) is 10.1. The third kappa shape index (κ3) is 4.19. The minimum Gasteiger partial charge on any atom is -0.386 e. The predicted octanol–water partition coefficient (Wildman–Crippen LogP) is 3.95. The van der Waals surface area contributed by atoms with Crippen LogP contribution in [0.3, 0.4) is 0 Å². The van der Waals surface area contributed by atoms with Crippen molar-refractivity contribution < 1.29 is 4.79 Å². The molecular weight excluding hydrogens is 418 g/mol. The van der Waals surface area contributed by atoms with E-state index < -0.39 is 0 Å². The quantitative estimate of drug-likeness (QED) is 0.532. The second-order valence-electron chi connectivity index (χ2n) is 9.15. The Morgan fingerprint density at radius 3 is 2.59 bits per heavy atom. The minimum absolute atomic E-state index is 0.0352. The number of hydrogen-bond donors (Lipinski definition) is 3. The van der Waals surface area contributed by atoms with Gasteiger partial charge in [-0.25, -0.2) is 4.98 Å². The van der Waals surface area contributed by atoms with Crippen LogP contribution in [0.4, 0.5) is 11.4 Å². The Balaban J connectivity index is 1.23. The van der Waals surface area contributed by atoms with Gasteiger partial charge in [0.1, 0.15) is 9.71 Å². The molecule has 2 fully saturated rings. The molecule has 0 aliphatic carbocycles. The molecule has 2 aliphatic rings. The van der Waals surface area contributed by atoms with Gasteiger partial charge in [-0.1, -0.05) is 12.1 Å². The molecule has 32 heavy (non-hydrogen) atoms. The number of rotatable bonds is 6. The molecule has 2 aromatic heterocycles. The zero-order chi connectivity index (χ0) is 22.2. The van der Waals surface area contributed by atoms with Crippen molar-refractivity contribution in [2.45, 2.75) is 51.2 Å². The summed E-state index contributed by atoms with van der Waals surface area (Å²) in [7, 11) is 1.85. The average Bonchev–Trinajstić information content (AvgIpc) is 3.32. The molecule has 0 radical (unpaired) electrons. The molecule has 2 aliphatic heterocycles. The van der Waals surface area contributed by atoms with Crippen molar-refractivity contribution in [1.82, 2.24) is 15.6 Å². The Hall–Kier alpha value is -2.64. The fraction of sp³-hybridized carbons (Fsp3) is 0.440. The molecule has 3 N–H and O–H groups in total. The monoisotopic (exact) mass is 449 g/mol. The van der Waals surface area contributed by atoms with E-state index in [-0.39, 0.29) is 11.9 Å². The number of carbonyl (C=O) groups is 1. The molecule has 3 aromatic rings. The van der Waals surface area contributed by atoms with Crippen LogP contribution in [0.5, 0.6) is 0 Å². The summed E-state index contributed by atoms with van der Waals surface area (Å²) in [6.07, 6.45) is 3.39. The fourth-order valence-electron chi connectivity index (χ4n) is 5.02. The van der Waals surface area contributed by atoms with Crippen molar-refractivity contribution >= 4 is 38.8 Å². The van der Waals surface area contributed by atoms with Gasteiger partial charge >= 0.3 is 0 Å². The number of benzene rings is 1. The Bertz CT molecular complexity index is 1110. The average molecular weight is 450 g/mol. The lowest BCUT2D eigenvalue weighted by molar-refractivity contribution is 0.0945. The number of piperazine rings is 1. The van der Waals surface area contributed by atoms with Gasteiger partial charge in [-0.15, -0.1) is 11.3 Å². The number of fused-ring (bicyclic) bond motifs is 3. The number of amides is 1. The van der Waals surface area contributed by atoms with E-state index >= 15 is 0 Å². The third-order valence-electron chi connectivity index (χ3n) is 6.59. The summed E-state index contributed by atoms with van der Waals surface area (Å²) in [5, 5.41) is 11.1. The van der Waals surface area contributed by atoms with Crippen LogP contribution in [0, 0.1) is 6.92 Å². The summed E-state index contributed by atoms with van der Waals surface area (Å²) < 4.78 is 0. The molecular formula is C25H31N5OS. The maximum Gasteiger partial charge on any atom is 0.263 e. The number of aryl methyl sites for hydroxylation is 1. The third-order valence-corrected chi connectivity index (χ3v) is 7.69. The molecule has 2 saturated heterocycles. The first-order chi connectivity index (χ1) is 15.5. The maximum atomic E-state index is 13.0. The van der Waals surface area contributed by atoms with Gasteiger partial charge in [-0.3, -0.25) is 4.79 Å². The van der Waals surface area contributed by atoms with Crippen LogP contribution in [0.1, 0.15) is 40.7 Å². The van der Waals surface area contributed by atoms with Crippen molar-refractivity contribution in [2.75, 3.05) is 30.4 Å².